The van der Waals surface area contributed by atoms with Crippen LogP contribution < -0.4 is 0 Å². The average molecular weight is 188 g/mol. The molecule has 0 aromatic heterocycles. The molecule has 0 amide bonds. The predicted octanol–water partition coefficient (Wildman–Crippen LogP) is 2.93. The summed E-state index contributed by atoms with van der Waals surface area (Å²) in [6.45, 7) is 7.73. The Bertz CT molecular complexity index is 221. The zero-order valence-corrected chi connectivity index (χ0v) is 9.05. The number of terminal acetylenes is 2. The van der Waals surface area contributed by atoms with Crippen LogP contribution in [-0.2, 0) is 0 Å². The fourth-order valence-electron chi connectivity index (χ4n) is 1.23. The Morgan fingerprint density at radius 3 is 1.62 bits per heavy atom. The van der Waals surface area contributed by atoms with Crippen LogP contribution in [0.5, 0.6) is 0 Å². The van der Waals surface area contributed by atoms with E-state index in [0.717, 1.165) is 24.9 Å². The van der Waals surface area contributed by atoms with Gasteiger partial charge in [-0.1, -0.05) is 11.4 Å². The summed E-state index contributed by atoms with van der Waals surface area (Å²) in [6.07, 6.45) is 12.1. The van der Waals surface area contributed by atoms with Gasteiger partial charge in [-0.3, -0.25) is 0 Å². The van der Waals surface area contributed by atoms with Crippen molar-refractivity contribution < 1.29 is 0 Å². The van der Waals surface area contributed by atoms with Crippen LogP contribution in [0.4, 0.5) is 0 Å². The minimum atomic E-state index is -1.54. The van der Waals surface area contributed by atoms with Crippen molar-refractivity contribution in [3.63, 3.8) is 0 Å². The van der Waals surface area contributed by atoms with E-state index >= 15 is 0 Å². The Hall–Kier alpha value is -1.18. The average Bonchev–Trinajstić information content (AvgIpc) is 2.20. The van der Waals surface area contributed by atoms with Crippen molar-refractivity contribution in [2.24, 2.45) is 0 Å². The van der Waals surface area contributed by atoms with E-state index in [-0.39, 0.29) is 0 Å². The van der Waals surface area contributed by atoms with Crippen molar-refractivity contribution in [2.75, 3.05) is 0 Å². The lowest BCUT2D eigenvalue weighted by atomic mass is 10.5. The van der Waals surface area contributed by atoms with Gasteiger partial charge in [-0.05, 0) is 12.1 Å². The lowest BCUT2D eigenvalue weighted by Crippen LogP contribution is -2.28. The third-order valence-corrected chi connectivity index (χ3v) is 6.27. The summed E-state index contributed by atoms with van der Waals surface area (Å²) in [6, 6.07) is 2.05. The normalized spacial score (nSPS) is 9.69. The monoisotopic (exact) mass is 188 g/mol. The summed E-state index contributed by atoms with van der Waals surface area (Å²) in [7, 11) is -1.54. The second-order valence-corrected chi connectivity index (χ2v) is 7.33. The van der Waals surface area contributed by atoms with E-state index in [9.17, 15) is 0 Å². The zero-order chi connectivity index (χ0) is 10.2. The van der Waals surface area contributed by atoms with Gasteiger partial charge in [0, 0.05) is 12.8 Å². The van der Waals surface area contributed by atoms with Gasteiger partial charge < -0.3 is 0 Å². The molecule has 0 aliphatic heterocycles. The molecule has 0 nitrogen and oxygen atoms in total. The smallest absolute Gasteiger partial charge is 0.102 e. The molecule has 0 heterocycles. The minimum Gasteiger partial charge on any atom is -0.120 e. The molecule has 0 atom stereocenters. The molecular formula is C12H16Si. The molecule has 0 N–H and O–H groups in total. The Morgan fingerprint density at radius 1 is 1.00 bits per heavy atom. The number of rotatable bonds is 6. The Balaban J connectivity index is 4.33. The molecule has 0 aliphatic rings. The highest BCUT2D eigenvalue weighted by molar-refractivity contribution is 6.88. The highest BCUT2D eigenvalue weighted by Gasteiger charge is 2.23. The van der Waals surface area contributed by atoms with Crippen LogP contribution in [0.25, 0.3) is 0 Å². The minimum absolute atomic E-state index is 0.800. The van der Waals surface area contributed by atoms with Gasteiger partial charge >= 0.3 is 0 Å². The van der Waals surface area contributed by atoms with Crippen LogP contribution in [0.3, 0.4) is 0 Å². The first kappa shape index (κ1) is 11.8. The first-order valence-corrected chi connectivity index (χ1v) is 6.95. The second-order valence-electron chi connectivity index (χ2n) is 3.05. The van der Waals surface area contributed by atoms with Crippen molar-refractivity contribution in [2.45, 2.75) is 24.9 Å². The molecule has 0 saturated heterocycles. The second kappa shape index (κ2) is 6.35. The maximum atomic E-state index is 5.24. The summed E-state index contributed by atoms with van der Waals surface area (Å²) in [4.78, 5) is 0. The third kappa shape index (κ3) is 3.83. The van der Waals surface area contributed by atoms with Crippen LogP contribution >= 0.6 is 0 Å². The summed E-state index contributed by atoms with van der Waals surface area (Å²) in [5, 5.41) is 0. The molecule has 13 heavy (non-hydrogen) atoms. The summed E-state index contributed by atoms with van der Waals surface area (Å²) in [5.41, 5.74) is 4.07. The van der Waals surface area contributed by atoms with E-state index in [1.807, 2.05) is 11.4 Å². The van der Waals surface area contributed by atoms with Gasteiger partial charge in [0.25, 0.3) is 0 Å². The lowest BCUT2D eigenvalue weighted by molar-refractivity contribution is 1.14. The first-order chi connectivity index (χ1) is 6.24. The molecule has 0 rings (SSSR count). The molecular weight excluding hydrogens is 172 g/mol. The molecule has 0 aromatic rings. The van der Waals surface area contributed by atoms with Gasteiger partial charge in [-0.2, -0.15) is 0 Å². The van der Waals surface area contributed by atoms with Crippen molar-refractivity contribution in [3.05, 3.63) is 24.6 Å². The zero-order valence-electron chi connectivity index (χ0n) is 8.05. The van der Waals surface area contributed by atoms with Crippen molar-refractivity contribution >= 4 is 8.07 Å². The Kier molecular flexibility index (Phi) is 5.77. The standard InChI is InChI=1S/C12H16Si/c1-5-9-11-13(7-3,8-4)12-10-6-2/h1-2,7-8H,3-4,9-12H2. The Morgan fingerprint density at radius 2 is 1.38 bits per heavy atom. The van der Waals surface area contributed by atoms with E-state index in [4.69, 9.17) is 12.8 Å². The highest BCUT2D eigenvalue weighted by Crippen LogP contribution is 2.21. The maximum Gasteiger partial charge on any atom is 0.102 e. The topological polar surface area (TPSA) is 0 Å². The summed E-state index contributed by atoms with van der Waals surface area (Å²) in [5.74, 6) is 5.31. The van der Waals surface area contributed by atoms with Crippen LogP contribution in [0.2, 0.25) is 12.1 Å². The molecule has 0 aromatic carbocycles. The van der Waals surface area contributed by atoms with Crippen molar-refractivity contribution in [1.29, 1.82) is 0 Å². The third-order valence-electron chi connectivity index (χ3n) is 2.28. The van der Waals surface area contributed by atoms with E-state index < -0.39 is 8.07 Å². The van der Waals surface area contributed by atoms with E-state index in [1.165, 1.54) is 0 Å². The fourth-order valence-corrected chi connectivity index (χ4v) is 3.68. The molecule has 0 radical (unpaired) electrons. The molecule has 0 bridgehead atoms. The predicted molar refractivity (Wildman–Crippen MR) is 62.7 cm³/mol. The molecule has 1 heteroatoms. The molecule has 0 unspecified atom stereocenters. The van der Waals surface area contributed by atoms with Crippen molar-refractivity contribution in [3.8, 4) is 24.7 Å². The lowest BCUT2D eigenvalue weighted by Gasteiger charge is -2.22. The first-order valence-electron chi connectivity index (χ1n) is 4.39. The fraction of sp³-hybridized carbons (Fsp3) is 0.333. The van der Waals surface area contributed by atoms with Gasteiger partial charge in [0.1, 0.15) is 8.07 Å². The largest absolute Gasteiger partial charge is 0.120 e. The summed E-state index contributed by atoms with van der Waals surface area (Å²) >= 11 is 0. The highest BCUT2D eigenvalue weighted by atomic mass is 28.3. The molecule has 0 aliphatic carbocycles. The molecule has 0 spiro atoms. The van der Waals surface area contributed by atoms with Crippen LogP contribution in [0.15, 0.2) is 24.6 Å². The van der Waals surface area contributed by atoms with Crippen LogP contribution in [-0.4, -0.2) is 8.07 Å². The number of hydrogen-bond donors (Lipinski definition) is 0. The van der Waals surface area contributed by atoms with Gasteiger partial charge in [-0.15, -0.1) is 37.8 Å². The molecule has 0 fully saturated rings. The quantitative estimate of drug-likeness (QED) is 0.444. The maximum absolute atomic E-state index is 5.24. The van der Waals surface area contributed by atoms with E-state index in [0.29, 0.717) is 0 Å². The van der Waals surface area contributed by atoms with Crippen molar-refractivity contribution in [1.82, 2.24) is 0 Å². The van der Waals surface area contributed by atoms with Gasteiger partial charge in [0.2, 0.25) is 0 Å². The Labute approximate surface area is 82.8 Å². The summed E-state index contributed by atoms with van der Waals surface area (Å²) < 4.78 is 0. The SMILES string of the molecule is C#CCC[Si](C=C)(C=C)CCC#C. The van der Waals surface area contributed by atoms with E-state index in [2.05, 4.69) is 25.0 Å². The van der Waals surface area contributed by atoms with Gasteiger partial charge in [-0.25, -0.2) is 0 Å². The molecule has 0 saturated carbocycles. The van der Waals surface area contributed by atoms with Gasteiger partial charge in [0.15, 0.2) is 0 Å². The molecule has 68 valence electrons. The van der Waals surface area contributed by atoms with Crippen LogP contribution in [0, 0.1) is 24.7 Å². The number of hydrogen-bond acceptors (Lipinski definition) is 0. The van der Waals surface area contributed by atoms with E-state index in [1.54, 1.807) is 0 Å². The van der Waals surface area contributed by atoms with Gasteiger partial charge in [0.05, 0.1) is 0 Å². The van der Waals surface area contributed by atoms with Crippen LogP contribution in [0.1, 0.15) is 12.8 Å².